The van der Waals surface area contributed by atoms with Gasteiger partial charge in [0.15, 0.2) is 0 Å². The van der Waals surface area contributed by atoms with Crippen LogP contribution in [0.3, 0.4) is 0 Å². The summed E-state index contributed by atoms with van der Waals surface area (Å²) in [6, 6.07) is 15.4. The van der Waals surface area contributed by atoms with Crippen LogP contribution in [0.2, 0.25) is 0 Å². The number of nitrogens with zero attached hydrogens (tertiary/aromatic N) is 2. The first kappa shape index (κ1) is 20.3. The summed E-state index contributed by atoms with van der Waals surface area (Å²) in [5.74, 6) is 0. The van der Waals surface area contributed by atoms with Gasteiger partial charge in [-0.25, -0.2) is 16.8 Å². The van der Waals surface area contributed by atoms with Crippen molar-refractivity contribution in [1.29, 1.82) is 0 Å². The Morgan fingerprint density at radius 2 is 1.28 bits per heavy atom. The van der Waals surface area contributed by atoms with Crippen molar-refractivity contribution in [2.24, 2.45) is 0 Å². The molecule has 2 aliphatic heterocycles. The maximum Gasteiger partial charge on any atom is 0.243 e. The van der Waals surface area contributed by atoms with Crippen LogP contribution < -0.4 is 5.32 Å². The van der Waals surface area contributed by atoms with Crippen molar-refractivity contribution in [3.05, 3.63) is 54.6 Å². The predicted molar refractivity (Wildman–Crippen MR) is 112 cm³/mol. The predicted octanol–water partition coefficient (Wildman–Crippen LogP) is 2.35. The smallest absolute Gasteiger partial charge is 0.243 e. The highest BCUT2D eigenvalue weighted by molar-refractivity contribution is 7.89. The van der Waals surface area contributed by atoms with Gasteiger partial charge in [0.25, 0.3) is 0 Å². The lowest BCUT2D eigenvalue weighted by Crippen LogP contribution is -2.32. The summed E-state index contributed by atoms with van der Waals surface area (Å²) in [5, 5.41) is 3.36. The summed E-state index contributed by atoms with van der Waals surface area (Å²) < 4.78 is 54.1. The van der Waals surface area contributed by atoms with Crippen molar-refractivity contribution < 1.29 is 16.8 Å². The highest BCUT2D eigenvalue weighted by atomic mass is 32.2. The van der Waals surface area contributed by atoms with Crippen LogP contribution in [-0.4, -0.2) is 57.7 Å². The molecule has 0 aliphatic carbocycles. The van der Waals surface area contributed by atoms with Crippen LogP contribution in [-0.2, 0) is 20.0 Å². The van der Waals surface area contributed by atoms with Gasteiger partial charge in [0.1, 0.15) is 0 Å². The minimum atomic E-state index is -3.66. The Morgan fingerprint density at radius 3 is 1.86 bits per heavy atom. The third-order valence-electron chi connectivity index (χ3n) is 5.46. The van der Waals surface area contributed by atoms with E-state index in [0.717, 1.165) is 24.9 Å². The van der Waals surface area contributed by atoms with Crippen LogP contribution in [0.5, 0.6) is 0 Å². The lowest BCUT2D eigenvalue weighted by Gasteiger charge is -2.19. The first-order valence-corrected chi connectivity index (χ1v) is 12.7. The Hall–Kier alpha value is -1.94. The molecule has 1 atom stereocenters. The van der Waals surface area contributed by atoms with Crippen molar-refractivity contribution in [1.82, 2.24) is 8.61 Å². The van der Waals surface area contributed by atoms with E-state index in [4.69, 9.17) is 0 Å². The first-order valence-electron chi connectivity index (χ1n) is 9.79. The standard InChI is InChI=1S/C20H25N3O4S2/c24-28(25,22-13-4-5-14-22)19-8-10-20(11-9-19)29(26,27)23-15-12-18(16-23)21-17-6-2-1-3-7-17/h1-3,6-11,18,21H,4-5,12-16H2. The molecule has 0 radical (unpaired) electrons. The fourth-order valence-corrected chi connectivity index (χ4v) is 6.86. The maximum atomic E-state index is 13.0. The van der Waals surface area contributed by atoms with E-state index in [-0.39, 0.29) is 15.8 Å². The van der Waals surface area contributed by atoms with E-state index in [9.17, 15) is 16.8 Å². The van der Waals surface area contributed by atoms with Crippen LogP contribution >= 0.6 is 0 Å². The van der Waals surface area contributed by atoms with E-state index >= 15 is 0 Å². The van der Waals surface area contributed by atoms with Gasteiger partial charge in [-0.15, -0.1) is 0 Å². The number of para-hydroxylation sites is 1. The molecule has 4 rings (SSSR count). The maximum absolute atomic E-state index is 13.0. The Bertz CT molecular complexity index is 1050. The molecule has 2 heterocycles. The van der Waals surface area contributed by atoms with Gasteiger partial charge >= 0.3 is 0 Å². The third-order valence-corrected chi connectivity index (χ3v) is 9.25. The molecule has 2 saturated heterocycles. The molecule has 2 fully saturated rings. The number of sulfonamides is 2. The Kier molecular flexibility index (Phi) is 5.65. The molecular weight excluding hydrogens is 410 g/mol. The van der Waals surface area contributed by atoms with Crippen LogP contribution in [0, 0.1) is 0 Å². The SMILES string of the molecule is O=S(=O)(c1ccc(S(=O)(=O)N2CCC(Nc3ccccc3)C2)cc1)N1CCCC1. The molecule has 7 nitrogen and oxygen atoms in total. The number of hydrogen-bond donors (Lipinski definition) is 1. The molecule has 0 amide bonds. The number of nitrogens with one attached hydrogen (secondary N) is 1. The van der Waals surface area contributed by atoms with Gasteiger partial charge in [-0.2, -0.15) is 8.61 Å². The Balaban J connectivity index is 1.46. The monoisotopic (exact) mass is 435 g/mol. The molecule has 29 heavy (non-hydrogen) atoms. The fourth-order valence-electron chi connectivity index (χ4n) is 3.84. The molecule has 0 spiro atoms. The highest BCUT2D eigenvalue weighted by Gasteiger charge is 2.33. The molecule has 1 unspecified atom stereocenters. The molecule has 2 aliphatic rings. The molecule has 0 bridgehead atoms. The van der Waals surface area contributed by atoms with Crippen LogP contribution in [0.4, 0.5) is 5.69 Å². The largest absolute Gasteiger partial charge is 0.381 e. The zero-order valence-corrected chi connectivity index (χ0v) is 17.7. The fraction of sp³-hybridized carbons (Fsp3) is 0.400. The van der Waals surface area contributed by atoms with E-state index < -0.39 is 20.0 Å². The summed E-state index contributed by atoms with van der Waals surface area (Å²) in [6.45, 7) is 1.85. The van der Waals surface area contributed by atoms with Gasteiger partial charge in [0, 0.05) is 37.9 Å². The molecular formula is C20H25N3O4S2. The van der Waals surface area contributed by atoms with Crippen LogP contribution in [0.15, 0.2) is 64.4 Å². The van der Waals surface area contributed by atoms with Crippen molar-refractivity contribution in [2.75, 3.05) is 31.5 Å². The van der Waals surface area contributed by atoms with Gasteiger partial charge in [-0.1, -0.05) is 18.2 Å². The van der Waals surface area contributed by atoms with Crippen molar-refractivity contribution >= 4 is 25.7 Å². The summed E-state index contributed by atoms with van der Waals surface area (Å²) in [5.41, 5.74) is 0.966. The Labute approximate surface area is 172 Å². The third kappa shape index (κ3) is 4.18. The number of hydrogen-bond acceptors (Lipinski definition) is 5. The zero-order valence-electron chi connectivity index (χ0n) is 16.1. The lowest BCUT2D eigenvalue weighted by atomic mass is 10.2. The summed E-state index contributed by atoms with van der Waals surface area (Å²) in [4.78, 5) is 0.265. The highest BCUT2D eigenvalue weighted by Crippen LogP contribution is 2.26. The average molecular weight is 436 g/mol. The summed E-state index contributed by atoms with van der Waals surface area (Å²) in [7, 11) is -7.21. The first-order chi connectivity index (χ1) is 13.9. The van der Waals surface area contributed by atoms with Crippen molar-refractivity contribution in [2.45, 2.75) is 35.1 Å². The molecule has 2 aromatic rings. The second-order valence-corrected chi connectivity index (χ2v) is 11.3. The summed E-state index contributed by atoms with van der Waals surface area (Å²) >= 11 is 0. The van der Waals surface area contributed by atoms with E-state index in [1.807, 2.05) is 30.3 Å². The topological polar surface area (TPSA) is 86.8 Å². The van der Waals surface area contributed by atoms with E-state index in [2.05, 4.69) is 5.32 Å². The second-order valence-electron chi connectivity index (χ2n) is 7.44. The molecule has 0 aromatic heterocycles. The quantitative estimate of drug-likeness (QED) is 0.753. The van der Waals surface area contributed by atoms with Crippen LogP contribution in [0.25, 0.3) is 0 Å². The minimum absolute atomic E-state index is 0.0435. The number of anilines is 1. The number of rotatable bonds is 6. The molecule has 156 valence electrons. The molecule has 0 saturated carbocycles. The van der Waals surface area contributed by atoms with Gasteiger partial charge < -0.3 is 5.32 Å². The normalized spacial score (nSPS) is 21.4. The van der Waals surface area contributed by atoms with Crippen LogP contribution in [0.1, 0.15) is 19.3 Å². The van der Waals surface area contributed by atoms with Crippen molar-refractivity contribution in [3.63, 3.8) is 0 Å². The second kappa shape index (κ2) is 8.06. The lowest BCUT2D eigenvalue weighted by molar-refractivity contribution is 0.473. The van der Waals surface area contributed by atoms with Gasteiger partial charge in [-0.05, 0) is 55.7 Å². The van der Waals surface area contributed by atoms with E-state index in [1.165, 1.54) is 32.9 Å². The molecule has 9 heteroatoms. The summed E-state index contributed by atoms with van der Waals surface area (Å²) in [6.07, 6.45) is 2.44. The Morgan fingerprint density at radius 1 is 0.724 bits per heavy atom. The van der Waals surface area contributed by atoms with Gasteiger partial charge in [-0.3, -0.25) is 0 Å². The molecule has 1 N–H and O–H groups in total. The minimum Gasteiger partial charge on any atom is -0.381 e. The van der Waals surface area contributed by atoms with Gasteiger partial charge in [0.05, 0.1) is 9.79 Å². The molecule has 2 aromatic carbocycles. The average Bonchev–Trinajstić information content (AvgIpc) is 3.42. The zero-order chi connectivity index (χ0) is 20.5. The van der Waals surface area contributed by atoms with Crippen molar-refractivity contribution in [3.8, 4) is 0 Å². The van der Waals surface area contributed by atoms with E-state index in [0.29, 0.717) is 26.2 Å². The number of benzene rings is 2. The van der Waals surface area contributed by atoms with Gasteiger partial charge in [0.2, 0.25) is 20.0 Å². The van der Waals surface area contributed by atoms with E-state index in [1.54, 1.807) is 0 Å².